The van der Waals surface area contributed by atoms with Crippen molar-refractivity contribution < 1.29 is 9.90 Å². The van der Waals surface area contributed by atoms with Crippen molar-refractivity contribution in [1.82, 2.24) is 14.8 Å². The maximum absolute atomic E-state index is 10.6. The number of carboxylic acids is 1. The molecular weight excluding hydrogens is 170 g/mol. The van der Waals surface area contributed by atoms with E-state index in [4.69, 9.17) is 5.11 Å². The molecule has 0 spiro atoms. The van der Waals surface area contributed by atoms with E-state index in [0.29, 0.717) is 5.82 Å². The SMILES string of the molecule is CC(C)c1ncn([C@H](C)C(=O)O)n1. The fourth-order valence-corrected chi connectivity index (χ4v) is 0.853. The molecule has 0 aliphatic carbocycles. The van der Waals surface area contributed by atoms with E-state index < -0.39 is 12.0 Å². The molecular formula is C8H13N3O2. The maximum Gasteiger partial charge on any atom is 0.328 e. The van der Waals surface area contributed by atoms with Crippen molar-refractivity contribution in [2.45, 2.75) is 32.7 Å². The summed E-state index contributed by atoms with van der Waals surface area (Å²) >= 11 is 0. The standard InChI is InChI=1S/C8H13N3O2/c1-5(2)7-9-4-11(10-7)6(3)8(12)13/h4-6H,1-3H3,(H,12,13)/t6-/m1/s1. The molecule has 0 unspecified atom stereocenters. The van der Waals surface area contributed by atoms with Crippen LogP contribution >= 0.6 is 0 Å². The van der Waals surface area contributed by atoms with Crippen LogP contribution in [-0.4, -0.2) is 25.8 Å². The predicted octanol–water partition coefficient (Wildman–Crippen LogP) is 1.05. The van der Waals surface area contributed by atoms with E-state index in [0.717, 1.165) is 0 Å². The summed E-state index contributed by atoms with van der Waals surface area (Å²) in [6.45, 7) is 5.50. The molecule has 1 heterocycles. The van der Waals surface area contributed by atoms with E-state index >= 15 is 0 Å². The Hall–Kier alpha value is -1.39. The minimum absolute atomic E-state index is 0.224. The summed E-state index contributed by atoms with van der Waals surface area (Å²) in [7, 11) is 0. The first-order valence-corrected chi connectivity index (χ1v) is 4.16. The minimum Gasteiger partial charge on any atom is -0.480 e. The van der Waals surface area contributed by atoms with E-state index in [9.17, 15) is 4.79 Å². The molecule has 0 aliphatic rings. The second kappa shape index (κ2) is 3.55. The molecule has 5 nitrogen and oxygen atoms in total. The third kappa shape index (κ3) is 2.05. The molecule has 0 radical (unpaired) electrons. The van der Waals surface area contributed by atoms with E-state index in [-0.39, 0.29) is 5.92 Å². The molecule has 1 aromatic heterocycles. The highest BCUT2D eigenvalue weighted by Gasteiger charge is 2.15. The van der Waals surface area contributed by atoms with Crippen LogP contribution in [0.3, 0.4) is 0 Å². The molecule has 1 aromatic rings. The van der Waals surface area contributed by atoms with Crippen molar-refractivity contribution in [1.29, 1.82) is 0 Å². The van der Waals surface area contributed by atoms with Crippen molar-refractivity contribution in [2.24, 2.45) is 0 Å². The van der Waals surface area contributed by atoms with Gasteiger partial charge in [0.2, 0.25) is 0 Å². The maximum atomic E-state index is 10.6. The highest BCUT2D eigenvalue weighted by atomic mass is 16.4. The molecule has 0 amide bonds. The van der Waals surface area contributed by atoms with Crippen molar-refractivity contribution in [3.05, 3.63) is 12.2 Å². The van der Waals surface area contributed by atoms with E-state index in [1.165, 1.54) is 11.0 Å². The summed E-state index contributed by atoms with van der Waals surface area (Å²) in [6, 6.07) is -0.653. The number of carboxylic acid groups (broad SMARTS) is 1. The summed E-state index contributed by atoms with van der Waals surface area (Å²) < 4.78 is 1.36. The largest absolute Gasteiger partial charge is 0.480 e. The molecule has 1 rings (SSSR count). The van der Waals surface area contributed by atoms with Crippen molar-refractivity contribution in [2.75, 3.05) is 0 Å². The fraction of sp³-hybridized carbons (Fsp3) is 0.625. The van der Waals surface area contributed by atoms with Gasteiger partial charge in [-0.05, 0) is 6.92 Å². The normalized spacial score (nSPS) is 13.2. The molecule has 13 heavy (non-hydrogen) atoms. The van der Waals surface area contributed by atoms with Gasteiger partial charge in [0.1, 0.15) is 12.4 Å². The quantitative estimate of drug-likeness (QED) is 0.760. The Labute approximate surface area is 76.4 Å². The summed E-state index contributed by atoms with van der Waals surface area (Å²) in [6.07, 6.45) is 1.45. The number of carbonyl (C=O) groups is 1. The van der Waals surface area contributed by atoms with Crippen LogP contribution in [0.4, 0.5) is 0 Å². The van der Waals surface area contributed by atoms with Crippen LogP contribution in [0.1, 0.15) is 38.6 Å². The monoisotopic (exact) mass is 183 g/mol. The number of nitrogens with zero attached hydrogens (tertiary/aromatic N) is 3. The summed E-state index contributed by atoms with van der Waals surface area (Å²) in [5.41, 5.74) is 0. The molecule has 1 atom stereocenters. The average molecular weight is 183 g/mol. The van der Waals surface area contributed by atoms with E-state index in [1.54, 1.807) is 6.92 Å². The van der Waals surface area contributed by atoms with Gasteiger partial charge in [-0.3, -0.25) is 0 Å². The number of hydrogen-bond donors (Lipinski definition) is 1. The third-order valence-electron chi connectivity index (χ3n) is 1.80. The molecule has 0 fully saturated rings. The second-order valence-corrected chi connectivity index (χ2v) is 3.25. The van der Waals surface area contributed by atoms with Crippen LogP contribution in [0.15, 0.2) is 6.33 Å². The van der Waals surface area contributed by atoms with Gasteiger partial charge in [0.05, 0.1) is 0 Å². The summed E-state index contributed by atoms with van der Waals surface area (Å²) in [5, 5.41) is 12.8. The lowest BCUT2D eigenvalue weighted by Gasteiger charge is -2.04. The number of rotatable bonds is 3. The highest BCUT2D eigenvalue weighted by molar-refractivity contribution is 5.71. The third-order valence-corrected chi connectivity index (χ3v) is 1.80. The molecule has 5 heteroatoms. The molecule has 72 valence electrons. The lowest BCUT2D eigenvalue weighted by molar-refractivity contribution is -0.140. The average Bonchev–Trinajstić information content (AvgIpc) is 2.50. The van der Waals surface area contributed by atoms with Crippen molar-refractivity contribution >= 4 is 5.97 Å². The van der Waals surface area contributed by atoms with Gasteiger partial charge in [0.15, 0.2) is 5.82 Å². The minimum atomic E-state index is -0.903. The number of hydrogen-bond acceptors (Lipinski definition) is 3. The summed E-state index contributed by atoms with van der Waals surface area (Å²) in [4.78, 5) is 14.6. The van der Waals surface area contributed by atoms with Gasteiger partial charge in [0.25, 0.3) is 0 Å². The van der Waals surface area contributed by atoms with E-state index in [2.05, 4.69) is 10.1 Å². The molecule has 1 N–H and O–H groups in total. The predicted molar refractivity (Wildman–Crippen MR) is 46.5 cm³/mol. The second-order valence-electron chi connectivity index (χ2n) is 3.25. The van der Waals surface area contributed by atoms with Gasteiger partial charge in [-0.1, -0.05) is 13.8 Å². The highest BCUT2D eigenvalue weighted by Crippen LogP contribution is 2.10. The van der Waals surface area contributed by atoms with Crippen LogP contribution in [-0.2, 0) is 4.79 Å². The van der Waals surface area contributed by atoms with Gasteiger partial charge in [-0.15, -0.1) is 0 Å². The molecule has 0 bridgehead atoms. The van der Waals surface area contributed by atoms with Crippen LogP contribution in [0.2, 0.25) is 0 Å². The van der Waals surface area contributed by atoms with Crippen molar-refractivity contribution in [3.63, 3.8) is 0 Å². The Morgan fingerprint density at radius 1 is 1.54 bits per heavy atom. The van der Waals surface area contributed by atoms with Crippen LogP contribution < -0.4 is 0 Å². The van der Waals surface area contributed by atoms with Gasteiger partial charge in [-0.25, -0.2) is 14.5 Å². The van der Waals surface area contributed by atoms with Crippen molar-refractivity contribution in [3.8, 4) is 0 Å². The smallest absolute Gasteiger partial charge is 0.328 e. The lowest BCUT2D eigenvalue weighted by atomic mass is 10.2. The van der Waals surface area contributed by atoms with E-state index in [1.807, 2.05) is 13.8 Å². The summed E-state index contributed by atoms with van der Waals surface area (Å²) in [5.74, 6) is -0.00412. The Bertz CT molecular complexity index is 306. The Balaban J connectivity index is 2.85. The molecule has 0 aromatic carbocycles. The Morgan fingerprint density at radius 2 is 2.15 bits per heavy atom. The zero-order chi connectivity index (χ0) is 10.0. The molecule has 0 aliphatic heterocycles. The first-order chi connectivity index (χ1) is 6.02. The zero-order valence-electron chi connectivity index (χ0n) is 7.93. The fourth-order valence-electron chi connectivity index (χ4n) is 0.853. The van der Waals surface area contributed by atoms with Gasteiger partial charge < -0.3 is 5.11 Å². The first kappa shape index (κ1) is 9.70. The topological polar surface area (TPSA) is 68.0 Å². The number of aliphatic carboxylic acids is 1. The molecule has 0 saturated heterocycles. The number of aromatic nitrogens is 3. The van der Waals surface area contributed by atoms with Gasteiger partial charge in [-0.2, -0.15) is 5.10 Å². The van der Waals surface area contributed by atoms with Gasteiger partial charge >= 0.3 is 5.97 Å². The van der Waals surface area contributed by atoms with Gasteiger partial charge in [0, 0.05) is 5.92 Å². The Kier molecular flexibility index (Phi) is 2.65. The molecule has 0 saturated carbocycles. The Morgan fingerprint density at radius 3 is 2.54 bits per heavy atom. The zero-order valence-corrected chi connectivity index (χ0v) is 7.93. The van der Waals surface area contributed by atoms with Crippen LogP contribution in [0.5, 0.6) is 0 Å². The van der Waals surface area contributed by atoms with Crippen LogP contribution in [0, 0.1) is 0 Å². The van der Waals surface area contributed by atoms with Crippen LogP contribution in [0.25, 0.3) is 0 Å². The lowest BCUT2D eigenvalue weighted by Crippen LogP contribution is -2.16. The first-order valence-electron chi connectivity index (χ1n) is 4.16.